The maximum absolute atomic E-state index is 12.8. The lowest BCUT2D eigenvalue weighted by molar-refractivity contribution is 0.102. The lowest BCUT2D eigenvalue weighted by Crippen LogP contribution is -2.27. The number of carbonyl (C=O) groups excluding carboxylic acids is 2. The van der Waals surface area contributed by atoms with Gasteiger partial charge in [-0.2, -0.15) is 0 Å². The van der Waals surface area contributed by atoms with Crippen LogP contribution in [0.3, 0.4) is 0 Å². The third kappa shape index (κ3) is 5.51. The van der Waals surface area contributed by atoms with Crippen molar-refractivity contribution in [1.82, 2.24) is 10.3 Å². The minimum Gasteiger partial charge on any atom is -0.467 e. The average molecular weight is 428 g/mol. The second-order valence-corrected chi connectivity index (χ2v) is 6.69. The van der Waals surface area contributed by atoms with Gasteiger partial charge in [0.05, 0.1) is 12.8 Å². The van der Waals surface area contributed by atoms with Gasteiger partial charge in [0.1, 0.15) is 17.1 Å². The molecule has 8 heteroatoms. The molecule has 8 nitrogen and oxygen atoms in total. The molecule has 0 atom stereocenters. The number of urea groups is 1. The molecule has 2 aromatic carbocycles. The van der Waals surface area contributed by atoms with Crippen molar-refractivity contribution < 1.29 is 18.7 Å². The predicted octanol–water partition coefficient (Wildman–Crippen LogP) is 5.04. The fourth-order valence-electron chi connectivity index (χ4n) is 2.84. The van der Waals surface area contributed by atoms with Crippen LogP contribution in [-0.2, 0) is 6.54 Å². The van der Waals surface area contributed by atoms with Crippen LogP contribution < -0.4 is 20.7 Å². The fourth-order valence-corrected chi connectivity index (χ4v) is 2.84. The normalized spacial score (nSPS) is 10.2. The Morgan fingerprint density at radius 3 is 2.31 bits per heavy atom. The van der Waals surface area contributed by atoms with Crippen molar-refractivity contribution in [3.05, 3.63) is 103 Å². The molecule has 2 aromatic heterocycles. The first kappa shape index (κ1) is 20.7. The molecule has 0 saturated heterocycles. The van der Waals surface area contributed by atoms with Crippen LogP contribution in [0.2, 0.25) is 0 Å². The van der Waals surface area contributed by atoms with E-state index >= 15 is 0 Å². The number of pyridine rings is 1. The van der Waals surface area contributed by atoms with Crippen LogP contribution >= 0.6 is 0 Å². The number of para-hydroxylation sites is 1. The van der Waals surface area contributed by atoms with E-state index in [-0.39, 0.29) is 24.4 Å². The molecule has 0 fully saturated rings. The van der Waals surface area contributed by atoms with Crippen LogP contribution in [0.25, 0.3) is 0 Å². The van der Waals surface area contributed by atoms with Gasteiger partial charge in [-0.3, -0.25) is 4.79 Å². The number of ether oxygens (including phenoxy) is 1. The highest BCUT2D eigenvalue weighted by atomic mass is 16.5. The highest BCUT2D eigenvalue weighted by Crippen LogP contribution is 2.23. The number of nitrogens with zero attached hydrogens (tertiary/aromatic N) is 1. The van der Waals surface area contributed by atoms with E-state index in [1.807, 2.05) is 18.2 Å². The largest absolute Gasteiger partial charge is 0.467 e. The van der Waals surface area contributed by atoms with Gasteiger partial charge >= 0.3 is 6.03 Å². The van der Waals surface area contributed by atoms with Crippen molar-refractivity contribution in [2.45, 2.75) is 6.54 Å². The number of anilines is 2. The summed E-state index contributed by atoms with van der Waals surface area (Å²) >= 11 is 0. The first-order valence-electron chi connectivity index (χ1n) is 9.84. The van der Waals surface area contributed by atoms with Gasteiger partial charge in [-0.15, -0.1) is 0 Å². The smallest absolute Gasteiger partial charge is 0.319 e. The molecule has 4 aromatic rings. The predicted molar refractivity (Wildman–Crippen MR) is 120 cm³/mol. The van der Waals surface area contributed by atoms with Gasteiger partial charge in [0.2, 0.25) is 5.88 Å². The van der Waals surface area contributed by atoms with Gasteiger partial charge < -0.3 is 25.1 Å². The van der Waals surface area contributed by atoms with Crippen LogP contribution in [0.1, 0.15) is 16.1 Å². The molecule has 0 aliphatic carbocycles. The summed E-state index contributed by atoms with van der Waals surface area (Å²) in [6.07, 6.45) is 3.11. The van der Waals surface area contributed by atoms with E-state index in [0.29, 0.717) is 28.4 Å². The second-order valence-electron chi connectivity index (χ2n) is 6.69. The van der Waals surface area contributed by atoms with Crippen molar-refractivity contribution in [2.24, 2.45) is 0 Å². The Morgan fingerprint density at radius 2 is 1.59 bits per heavy atom. The van der Waals surface area contributed by atoms with Crippen molar-refractivity contribution in [2.75, 3.05) is 10.6 Å². The Balaban J connectivity index is 1.35. The number of aromatic nitrogens is 1. The van der Waals surface area contributed by atoms with Gasteiger partial charge in [0, 0.05) is 17.6 Å². The van der Waals surface area contributed by atoms with Gasteiger partial charge in [-0.25, -0.2) is 9.78 Å². The first-order chi connectivity index (χ1) is 15.7. The van der Waals surface area contributed by atoms with Crippen LogP contribution in [0.4, 0.5) is 16.2 Å². The van der Waals surface area contributed by atoms with Crippen LogP contribution in [0.15, 0.2) is 95.7 Å². The van der Waals surface area contributed by atoms with Crippen LogP contribution in [0.5, 0.6) is 11.6 Å². The quantitative estimate of drug-likeness (QED) is 0.382. The number of hydrogen-bond acceptors (Lipinski definition) is 5. The maximum atomic E-state index is 12.8. The Hall–Kier alpha value is -4.59. The van der Waals surface area contributed by atoms with E-state index in [2.05, 4.69) is 20.9 Å². The molecule has 0 aliphatic rings. The molecule has 0 aliphatic heterocycles. The first-order valence-corrected chi connectivity index (χ1v) is 9.84. The van der Waals surface area contributed by atoms with E-state index in [9.17, 15) is 9.59 Å². The minimum absolute atomic E-state index is 0.211. The number of carbonyl (C=O) groups is 2. The highest BCUT2D eigenvalue weighted by molar-refractivity contribution is 6.06. The van der Waals surface area contributed by atoms with Crippen LogP contribution in [-0.4, -0.2) is 16.9 Å². The molecule has 160 valence electrons. The monoisotopic (exact) mass is 428 g/mol. The fraction of sp³-hybridized carbons (Fsp3) is 0.0417. The minimum atomic E-state index is -0.365. The summed E-state index contributed by atoms with van der Waals surface area (Å²) in [5.74, 6) is 1.09. The Kier molecular flexibility index (Phi) is 6.42. The van der Waals surface area contributed by atoms with Gasteiger partial charge in [-0.05, 0) is 60.7 Å². The summed E-state index contributed by atoms with van der Waals surface area (Å²) < 4.78 is 10.9. The Bertz CT molecular complexity index is 1180. The zero-order valence-electron chi connectivity index (χ0n) is 16.9. The van der Waals surface area contributed by atoms with Crippen molar-refractivity contribution in [3.63, 3.8) is 0 Å². The summed E-state index contributed by atoms with van der Waals surface area (Å²) in [5.41, 5.74) is 1.44. The molecule has 32 heavy (non-hydrogen) atoms. The van der Waals surface area contributed by atoms with Gasteiger partial charge in [0.15, 0.2) is 0 Å². The number of hydrogen-bond donors (Lipinski definition) is 3. The molecule has 2 heterocycles. The molecular weight excluding hydrogens is 408 g/mol. The molecule has 3 N–H and O–H groups in total. The van der Waals surface area contributed by atoms with E-state index < -0.39 is 0 Å². The van der Waals surface area contributed by atoms with E-state index in [4.69, 9.17) is 9.15 Å². The number of nitrogens with one attached hydrogen (secondary N) is 3. The number of rotatable bonds is 7. The molecule has 0 unspecified atom stereocenters. The third-order valence-corrected chi connectivity index (χ3v) is 4.38. The molecular formula is C24H20N4O4. The van der Waals surface area contributed by atoms with Crippen molar-refractivity contribution in [1.29, 1.82) is 0 Å². The van der Waals surface area contributed by atoms with Gasteiger partial charge in [-0.1, -0.05) is 18.2 Å². The summed E-state index contributed by atoms with van der Waals surface area (Å²) in [4.78, 5) is 28.9. The molecule has 0 spiro atoms. The Labute approximate surface area is 184 Å². The number of amides is 3. The Morgan fingerprint density at radius 1 is 0.844 bits per heavy atom. The standard InChI is InChI=1S/C24H20N4O4/c29-22(21-9-4-14-25-23(21)32-19-6-2-1-3-7-19)27-17-10-12-18(13-11-17)28-24(30)26-16-20-8-5-15-31-20/h1-15H,16H2,(H,27,29)(H2,26,28,30). The third-order valence-electron chi connectivity index (χ3n) is 4.38. The van der Waals surface area contributed by atoms with Crippen molar-refractivity contribution >= 4 is 23.3 Å². The van der Waals surface area contributed by atoms with E-state index in [1.54, 1.807) is 73.1 Å². The number of furan rings is 1. The lowest BCUT2D eigenvalue weighted by Gasteiger charge is -2.11. The number of benzene rings is 2. The topological polar surface area (TPSA) is 105 Å². The summed E-state index contributed by atoms with van der Waals surface area (Å²) in [6.45, 7) is 0.283. The maximum Gasteiger partial charge on any atom is 0.319 e. The molecule has 0 saturated carbocycles. The summed E-state index contributed by atoms with van der Waals surface area (Å²) in [5, 5.41) is 8.22. The van der Waals surface area contributed by atoms with E-state index in [0.717, 1.165) is 0 Å². The lowest BCUT2D eigenvalue weighted by atomic mass is 10.2. The van der Waals surface area contributed by atoms with Crippen LogP contribution in [0, 0.1) is 0 Å². The molecule has 0 bridgehead atoms. The van der Waals surface area contributed by atoms with Gasteiger partial charge in [0.25, 0.3) is 5.91 Å². The highest BCUT2D eigenvalue weighted by Gasteiger charge is 2.14. The molecule has 4 rings (SSSR count). The van der Waals surface area contributed by atoms with Crippen molar-refractivity contribution in [3.8, 4) is 11.6 Å². The SMILES string of the molecule is O=C(NCc1ccco1)Nc1ccc(NC(=O)c2cccnc2Oc2ccccc2)cc1. The average Bonchev–Trinajstić information content (AvgIpc) is 3.34. The molecule has 3 amide bonds. The second kappa shape index (κ2) is 9.94. The summed E-state index contributed by atoms with van der Waals surface area (Å²) in [6, 6.07) is 22.3. The zero-order valence-corrected chi connectivity index (χ0v) is 16.9. The summed E-state index contributed by atoms with van der Waals surface area (Å²) in [7, 11) is 0. The zero-order chi connectivity index (χ0) is 22.2. The van der Waals surface area contributed by atoms with E-state index in [1.165, 1.54) is 0 Å². The molecule has 0 radical (unpaired) electrons.